The Morgan fingerprint density at radius 1 is 1.23 bits per heavy atom. The average Bonchev–Trinajstić information content (AvgIpc) is 3.02. The number of morpholine rings is 1. The van der Waals surface area contributed by atoms with Crippen molar-refractivity contribution in [3.63, 3.8) is 0 Å². The predicted octanol–water partition coefficient (Wildman–Crippen LogP) is 1.06. The van der Waals surface area contributed by atoms with E-state index < -0.39 is 0 Å². The van der Waals surface area contributed by atoms with Gasteiger partial charge in [0.25, 0.3) is 0 Å². The van der Waals surface area contributed by atoms with Crippen LogP contribution in [0.5, 0.6) is 0 Å². The number of nitrogens with zero attached hydrogens (tertiary/aromatic N) is 2. The first-order chi connectivity index (χ1) is 10.4. The summed E-state index contributed by atoms with van der Waals surface area (Å²) in [4.78, 5) is 7.05. The van der Waals surface area contributed by atoms with Crippen LogP contribution >= 0.6 is 24.0 Å². The van der Waals surface area contributed by atoms with Crippen molar-refractivity contribution < 1.29 is 9.47 Å². The number of rotatable bonds is 7. The summed E-state index contributed by atoms with van der Waals surface area (Å²) in [6, 6.07) is 0. The molecule has 2 rings (SSSR count). The highest BCUT2D eigenvalue weighted by molar-refractivity contribution is 14.0. The molecule has 1 atom stereocenters. The van der Waals surface area contributed by atoms with Gasteiger partial charge in [-0.1, -0.05) is 0 Å². The first kappa shape index (κ1) is 19.9. The molecule has 0 aliphatic carbocycles. The van der Waals surface area contributed by atoms with E-state index in [0.29, 0.717) is 6.10 Å². The molecule has 0 aromatic carbocycles. The lowest BCUT2D eigenvalue weighted by atomic mass is 10.2. The maximum Gasteiger partial charge on any atom is 0.191 e. The van der Waals surface area contributed by atoms with Crippen LogP contribution in [0.2, 0.25) is 0 Å². The average molecular weight is 426 g/mol. The van der Waals surface area contributed by atoms with Crippen molar-refractivity contribution in [2.24, 2.45) is 4.99 Å². The van der Waals surface area contributed by atoms with Crippen LogP contribution in [0.25, 0.3) is 0 Å². The minimum absolute atomic E-state index is 0. The molecule has 22 heavy (non-hydrogen) atoms. The van der Waals surface area contributed by atoms with Crippen molar-refractivity contribution in [1.29, 1.82) is 0 Å². The molecule has 6 nitrogen and oxygen atoms in total. The molecule has 0 bridgehead atoms. The number of hydrogen-bond donors (Lipinski definition) is 2. The van der Waals surface area contributed by atoms with Gasteiger partial charge >= 0.3 is 0 Å². The summed E-state index contributed by atoms with van der Waals surface area (Å²) in [5.74, 6) is 0.920. The molecule has 2 N–H and O–H groups in total. The molecule has 0 radical (unpaired) electrons. The predicted molar refractivity (Wildman–Crippen MR) is 100 cm³/mol. The van der Waals surface area contributed by atoms with Gasteiger partial charge in [0.1, 0.15) is 0 Å². The monoisotopic (exact) mass is 426 g/mol. The lowest BCUT2D eigenvalue weighted by Gasteiger charge is -2.26. The Balaban J connectivity index is 0.00000242. The van der Waals surface area contributed by atoms with Gasteiger partial charge in [0.05, 0.1) is 19.3 Å². The minimum atomic E-state index is 0. The Labute approximate surface area is 151 Å². The number of nitrogens with one attached hydrogen (secondary N) is 2. The quantitative estimate of drug-likeness (QED) is 0.362. The van der Waals surface area contributed by atoms with E-state index in [-0.39, 0.29) is 24.0 Å². The molecule has 2 aliphatic heterocycles. The molecule has 2 aliphatic rings. The molecule has 2 heterocycles. The van der Waals surface area contributed by atoms with Gasteiger partial charge in [-0.15, -0.1) is 24.0 Å². The van der Waals surface area contributed by atoms with Crippen LogP contribution in [0.15, 0.2) is 4.99 Å². The van der Waals surface area contributed by atoms with Crippen LogP contribution in [0.4, 0.5) is 0 Å². The molecule has 2 fully saturated rings. The number of guanidine groups is 1. The summed E-state index contributed by atoms with van der Waals surface area (Å²) in [6.45, 7) is 10.5. The van der Waals surface area contributed by atoms with E-state index in [2.05, 4.69) is 27.4 Å². The summed E-state index contributed by atoms with van der Waals surface area (Å²) >= 11 is 0. The third-order valence-corrected chi connectivity index (χ3v) is 3.91. The molecule has 0 spiro atoms. The van der Waals surface area contributed by atoms with Crippen LogP contribution < -0.4 is 10.6 Å². The summed E-state index contributed by atoms with van der Waals surface area (Å²) in [7, 11) is 0. The smallest absolute Gasteiger partial charge is 0.191 e. The molecule has 7 heteroatoms. The molecule has 0 aromatic rings. The Morgan fingerprint density at radius 2 is 2.05 bits per heavy atom. The van der Waals surface area contributed by atoms with Crippen molar-refractivity contribution in [2.75, 3.05) is 59.1 Å². The third kappa shape index (κ3) is 7.94. The number of ether oxygens (including phenoxy) is 2. The summed E-state index contributed by atoms with van der Waals surface area (Å²) < 4.78 is 11.0. The first-order valence-electron chi connectivity index (χ1n) is 8.32. The van der Waals surface area contributed by atoms with Crippen molar-refractivity contribution in [3.05, 3.63) is 0 Å². The molecular formula is C15H31IN4O2. The van der Waals surface area contributed by atoms with Crippen molar-refractivity contribution in [3.8, 4) is 0 Å². The Hall–Kier alpha value is -0.120. The van der Waals surface area contributed by atoms with Gasteiger partial charge in [0, 0.05) is 45.9 Å². The van der Waals surface area contributed by atoms with Crippen LogP contribution in [-0.4, -0.2) is 76.1 Å². The Kier molecular flexibility index (Phi) is 11.2. The van der Waals surface area contributed by atoms with Gasteiger partial charge in [-0.2, -0.15) is 0 Å². The summed E-state index contributed by atoms with van der Waals surface area (Å²) in [5, 5.41) is 6.71. The highest BCUT2D eigenvalue weighted by atomic mass is 127. The Morgan fingerprint density at radius 3 is 2.73 bits per heavy atom. The van der Waals surface area contributed by atoms with E-state index in [0.717, 1.165) is 71.5 Å². The summed E-state index contributed by atoms with van der Waals surface area (Å²) in [5.41, 5.74) is 0. The fraction of sp³-hybridized carbons (Fsp3) is 0.933. The molecule has 2 saturated heterocycles. The molecule has 0 aromatic heterocycles. The van der Waals surface area contributed by atoms with Gasteiger partial charge in [0.2, 0.25) is 0 Å². The molecular weight excluding hydrogens is 395 g/mol. The van der Waals surface area contributed by atoms with Gasteiger partial charge in [-0.3, -0.25) is 9.89 Å². The van der Waals surface area contributed by atoms with Gasteiger partial charge in [-0.25, -0.2) is 0 Å². The maximum absolute atomic E-state index is 5.63. The van der Waals surface area contributed by atoms with E-state index in [9.17, 15) is 0 Å². The number of hydrogen-bond acceptors (Lipinski definition) is 4. The van der Waals surface area contributed by atoms with Crippen molar-refractivity contribution >= 4 is 29.9 Å². The standard InChI is InChI=1S/C15H30N4O2.HI/c1-2-16-15(17-6-5-14-4-3-11-21-14)18-7-8-19-9-12-20-13-10-19;/h14H,2-13H2,1H3,(H2,16,17,18);1H. The summed E-state index contributed by atoms with van der Waals surface area (Å²) in [6.07, 6.45) is 3.84. The van der Waals surface area contributed by atoms with Gasteiger partial charge in [-0.05, 0) is 26.2 Å². The molecule has 0 saturated carbocycles. The Bertz CT molecular complexity index is 306. The van der Waals surface area contributed by atoms with Gasteiger partial charge < -0.3 is 20.1 Å². The van der Waals surface area contributed by atoms with E-state index in [4.69, 9.17) is 9.47 Å². The fourth-order valence-electron chi connectivity index (χ4n) is 2.69. The second-order valence-corrected chi connectivity index (χ2v) is 5.57. The molecule has 130 valence electrons. The number of halogens is 1. The highest BCUT2D eigenvalue weighted by Gasteiger charge is 2.14. The van der Waals surface area contributed by atoms with Crippen LogP contribution in [0.3, 0.4) is 0 Å². The van der Waals surface area contributed by atoms with E-state index in [1.165, 1.54) is 12.8 Å². The van der Waals surface area contributed by atoms with Gasteiger partial charge in [0.15, 0.2) is 5.96 Å². The topological polar surface area (TPSA) is 58.1 Å². The first-order valence-corrected chi connectivity index (χ1v) is 8.32. The SMILES string of the molecule is CCNC(=NCCC1CCCO1)NCCN1CCOCC1.I. The largest absolute Gasteiger partial charge is 0.379 e. The highest BCUT2D eigenvalue weighted by Crippen LogP contribution is 2.14. The van der Waals surface area contributed by atoms with Crippen molar-refractivity contribution in [2.45, 2.75) is 32.3 Å². The zero-order chi connectivity index (χ0) is 14.8. The maximum atomic E-state index is 5.63. The zero-order valence-electron chi connectivity index (χ0n) is 13.7. The van der Waals surface area contributed by atoms with Crippen LogP contribution in [0, 0.1) is 0 Å². The lowest BCUT2D eigenvalue weighted by Crippen LogP contribution is -2.44. The van der Waals surface area contributed by atoms with Crippen LogP contribution in [-0.2, 0) is 9.47 Å². The number of aliphatic imine (C=N–C) groups is 1. The van der Waals surface area contributed by atoms with E-state index >= 15 is 0 Å². The molecule has 0 amide bonds. The van der Waals surface area contributed by atoms with E-state index in [1.807, 2.05) is 0 Å². The second-order valence-electron chi connectivity index (χ2n) is 5.57. The molecule has 1 unspecified atom stereocenters. The van der Waals surface area contributed by atoms with Crippen LogP contribution in [0.1, 0.15) is 26.2 Å². The fourth-order valence-corrected chi connectivity index (χ4v) is 2.69. The van der Waals surface area contributed by atoms with Crippen molar-refractivity contribution in [1.82, 2.24) is 15.5 Å². The normalized spacial score (nSPS) is 23.1. The minimum Gasteiger partial charge on any atom is -0.379 e. The lowest BCUT2D eigenvalue weighted by molar-refractivity contribution is 0.0389. The van der Waals surface area contributed by atoms with E-state index in [1.54, 1.807) is 0 Å². The zero-order valence-corrected chi connectivity index (χ0v) is 16.0. The third-order valence-electron chi connectivity index (χ3n) is 3.91. The second kappa shape index (κ2) is 12.3.